The van der Waals surface area contributed by atoms with Crippen molar-refractivity contribution in [3.05, 3.63) is 83.9 Å². The number of rotatable bonds is 10. The zero-order valence-corrected chi connectivity index (χ0v) is 19.2. The minimum atomic E-state index is -0.779. The van der Waals surface area contributed by atoms with Crippen LogP contribution in [0.3, 0.4) is 0 Å². The molecule has 2 aromatic carbocycles. The van der Waals surface area contributed by atoms with Crippen LogP contribution in [0.4, 0.5) is 4.79 Å². The van der Waals surface area contributed by atoms with Crippen LogP contribution in [0.25, 0.3) is 0 Å². The van der Waals surface area contributed by atoms with Crippen molar-refractivity contribution in [2.45, 2.75) is 31.3 Å². The Morgan fingerprint density at radius 2 is 1.56 bits per heavy atom. The Balaban J connectivity index is 1.71. The summed E-state index contributed by atoms with van der Waals surface area (Å²) in [5.41, 5.74) is 7.33. The molecule has 1 fully saturated rings. The second-order valence-corrected chi connectivity index (χ2v) is 8.19. The molecule has 1 heterocycles. The number of aryl methyl sites for hydroxylation is 1. The average molecular weight is 465 g/mol. The number of carbonyl (C=O) groups excluding carboxylic acids is 3. The predicted octanol–water partition coefficient (Wildman–Crippen LogP) is 1.80. The SMILES string of the molecule is NC(=O)C=CC(CCc1ccccc1)NC(=O)C(Cc1ccccc1)NC(=O)N1CCOCC1. The quantitative estimate of drug-likeness (QED) is 0.465. The first-order chi connectivity index (χ1) is 16.5. The fourth-order valence-electron chi connectivity index (χ4n) is 3.74. The summed E-state index contributed by atoms with van der Waals surface area (Å²) in [4.78, 5) is 39.1. The highest BCUT2D eigenvalue weighted by Crippen LogP contribution is 2.09. The number of urea groups is 1. The van der Waals surface area contributed by atoms with E-state index in [0.717, 1.165) is 11.1 Å². The van der Waals surface area contributed by atoms with Crippen LogP contribution in [-0.4, -0.2) is 61.1 Å². The van der Waals surface area contributed by atoms with Gasteiger partial charge in [0.1, 0.15) is 6.04 Å². The molecule has 4 N–H and O–H groups in total. The lowest BCUT2D eigenvalue weighted by Crippen LogP contribution is -2.55. The van der Waals surface area contributed by atoms with Crippen LogP contribution in [-0.2, 0) is 27.2 Å². The van der Waals surface area contributed by atoms with Gasteiger partial charge in [-0.1, -0.05) is 66.7 Å². The Bertz CT molecular complexity index is 959. The van der Waals surface area contributed by atoms with Crippen molar-refractivity contribution in [2.24, 2.45) is 5.73 Å². The molecule has 2 atom stereocenters. The summed E-state index contributed by atoms with van der Waals surface area (Å²) in [5.74, 6) is -0.905. The minimum absolute atomic E-state index is 0.298. The van der Waals surface area contributed by atoms with Crippen LogP contribution in [0.1, 0.15) is 17.5 Å². The van der Waals surface area contributed by atoms with Gasteiger partial charge in [-0.25, -0.2) is 4.79 Å². The topological polar surface area (TPSA) is 114 Å². The fourth-order valence-corrected chi connectivity index (χ4v) is 3.74. The second-order valence-electron chi connectivity index (χ2n) is 8.19. The van der Waals surface area contributed by atoms with E-state index in [2.05, 4.69) is 10.6 Å². The summed E-state index contributed by atoms with van der Waals surface area (Å²) in [5, 5.41) is 5.86. The van der Waals surface area contributed by atoms with Crippen molar-refractivity contribution in [1.82, 2.24) is 15.5 Å². The number of nitrogens with one attached hydrogen (secondary N) is 2. The van der Waals surface area contributed by atoms with Gasteiger partial charge in [0.25, 0.3) is 0 Å². The van der Waals surface area contributed by atoms with Gasteiger partial charge in [0.15, 0.2) is 0 Å². The van der Waals surface area contributed by atoms with Gasteiger partial charge >= 0.3 is 6.03 Å². The smallest absolute Gasteiger partial charge is 0.318 e. The van der Waals surface area contributed by atoms with Crippen LogP contribution < -0.4 is 16.4 Å². The third-order valence-corrected chi connectivity index (χ3v) is 5.60. The van der Waals surface area contributed by atoms with Crippen molar-refractivity contribution in [3.8, 4) is 0 Å². The standard InChI is InChI=1S/C26H32N4O4/c27-24(31)14-13-22(12-11-20-7-3-1-4-8-20)28-25(32)23(19-21-9-5-2-6-10-21)29-26(33)30-15-17-34-18-16-30/h1-10,13-14,22-23H,11-12,15-19H2,(H2,27,31)(H,28,32)(H,29,33). The van der Waals surface area contributed by atoms with Crippen molar-refractivity contribution >= 4 is 17.8 Å². The fraction of sp³-hybridized carbons (Fsp3) is 0.346. The number of morpholine rings is 1. The Labute approximate surface area is 200 Å². The number of nitrogens with two attached hydrogens (primary N) is 1. The minimum Gasteiger partial charge on any atom is -0.378 e. The Morgan fingerprint density at radius 1 is 0.941 bits per heavy atom. The maximum Gasteiger partial charge on any atom is 0.318 e. The number of amides is 4. The summed E-state index contributed by atoms with van der Waals surface area (Å²) < 4.78 is 5.31. The van der Waals surface area contributed by atoms with Gasteiger partial charge in [-0.3, -0.25) is 9.59 Å². The lowest BCUT2D eigenvalue weighted by molar-refractivity contribution is -0.123. The molecule has 0 bridgehead atoms. The van der Waals surface area contributed by atoms with Gasteiger partial charge in [0.05, 0.1) is 13.2 Å². The predicted molar refractivity (Wildman–Crippen MR) is 130 cm³/mol. The third kappa shape index (κ3) is 8.37. The Morgan fingerprint density at radius 3 is 2.18 bits per heavy atom. The molecule has 1 aliphatic heterocycles. The van der Waals surface area contributed by atoms with Crippen molar-refractivity contribution in [2.75, 3.05) is 26.3 Å². The summed E-state index contributed by atoms with van der Waals surface area (Å²) in [7, 11) is 0. The normalized spacial score (nSPS) is 15.5. The Kier molecular flexibility index (Phi) is 9.66. The summed E-state index contributed by atoms with van der Waals surface area (Å²) >= 11 is 0. The number of hydrogen-bond donors (Lipinski definition) is 3. The van der Waals surface area contributed by atoms with Crippen LogP contribution in [0.15, 0.2) is 72.8 Å². The van der Waals surface area contributed by atoms with Crippen LogP contribution in [0, 0.1) is 0 Å². The van der Waals surface area contributed by atoms with Gasteiger partial charge in [-0.05, 0) is 24.0 Å². The first-order valence-corrected chi connectivity index (χ1v) is 11.5. The molecule has 34 heavy (non-hydrogen) atoms. The highest BCUT2D eigenvalue weighted by Gasteiger charge is 2.26. The molecule has 0 saturated carbocycles. The van der Waals surface area contributed by atoms with E-state index in [-0.39, 0.29) is 11.9 Å². The molecule has 2 aromatic rings. The van der Waals surface area contributed by atoms with Gasteiger partial charge in [-0.15, -0.1) is 0 Å². The highest BCUT2D eigenvalue weighted by molar-refractivity contribution is 5.88. The average Bonchev–Trinajstić information content (AvgIpc) is 2.86. The van der Waals surface area contributed by atoms with Gasteiger partial charge in [-0.2, -0.15) is 0 Å². The number of carbonyl (C=O) groups is 3. The molecule has 1 saturated heterocycles. The molecule has 2 unspecified atom stereocenters. The summed E-state index contributed by atoms with van der Waals surface area (Å²) in [6.07, 6.45) is 4.49. The van der Waals surface area contributed by atoms with E-state index in [1.54, 1.807) is 11.0 Å². The molecule has 3 rings (SSSR count). The van der Waals surface area contributed by atoms with Crippen molar-refractivity contribution in [3.63, 3.8) is 0 Å². The number of hydrogen-bond acceptors (Lipinski definition) is 4. The lowest BCUT2D eigenvalue weighted by Gasteiger charge is -2.29. The number of ether oxygens (including phenoxy) is 1. The molecule has 4 amide bonds. The first-order valence-electron chi connectivity index (χ1n) is 11.5. The van der Waals surface area contributed by atoms with Crippen molar-refractivity contribution in [1.29, 1.82) is 0 Å². The van der Waals surface area contributed by atoms with E-state index in [1.807, 2.05) is 60.7 Å². The molecule has 0 aliphatic carbocycles. The van der Waals surface area contributed by atoms with Crippen LogP contribution in [0.2, 0.25) is 0 Å². The molecular formula is C26H32N4O4. The van der Waals surface area contributed by atoms with Gasteiger partial charge < -0.3 is 26.0 Å². The van der Waals surface area contributed by atoms with E-state index >= 15 is 0 Å². The first kappa shape index (κ1) is 25.0. The van der Waals surface area contributed by atoms with Gasteiger partial charge in [0, 0.05) is 31.6 Å². The zero-order chi connectivity index (χ0) is 24.2. The molecule has 8 heteroatoms. The second kappa shape index (κ2) is 13.2. The van der Waals surface area contributed by atoms with E-state index < -0.39 is 18.0 Å². The molecular weight excluding hydrogens is 432 g/mol. The largest absolute Gasteiger partial charge is 0.378 e. The monoisotopic (exact) mass is 464 g/mol. The number of benzene rings is 2. The van der Waals surface area contributed by atoms with Gasteiger partial charge in [0.2, 0.25) is 11.8 Å². The third-order valence-electron chi connectivity index (χ3n) is 5.60. The molecule has 180 valence electrons. The van der Waals surface area contributed by atoms with E-state index in [4.69, 9.17) is 10.5 Å². The maximum absolute atomic E-state index is 13.3. The van der Waals surface area contributed by atoms with Crippen LogP contribution in [0.5, 0.6) is 0 Å². The highest BCUT2D eigenvalue weighted by atomic mass is 16.5. The van der Waals surface area contributed by atoms with Crippen LogP contribution >= 0.6 is 0 Å². The lowest BCUT2D eigenvalue weighted by atomic mass is 10.0. The molecule has 0 aromatic heterocycles. The number of nitrogens with zero attached hydrogens (tertiary/aromatic N) is 1. The number of primary amides is 1. The zero-order valence-electron chi connectivity index (χ0n) is 19.2. The summed E-state index contributed by atoms with van der Waals surface area (Å²) in [6, 6.07) is 17.9. The molecule has 0 radical (unpaired) electrons. The molecule has 0 spiro atoms. The summed E-state index contributed by atoms with van der Waals surface area (Å²) in [6.45, 7) is 1.91. The maximum atomic E-state index is 13.3. The molecule has 8 nitrogen and oxygen atoms in total. The Hall–Kier alpha value is -3.65. The van der Waals surface area contributed by atoms with E-state index in [0.29, 0.717) is 45.6 Å². The van der Waals surface area contributed by atoms with E-state index in [1.165, 1.54) is 6.08 Å². The van der Waals surface area contributed by atoms with E-state index in [9.17, 15) is 14.4 Å². The molecule has 1 aliphatic rings. The van der Waals surface area contributed by atoms with Crippen molar-refractivity contribution < 1.29 is 19.1 Å².